The van der Waals surface area contributed by atoms with E-state index in [1.54, 1.807) is 0 Å². The van der Waals surface area contributed by atoms with Crippen LogP contribution in [0.1, 0.15) is 40.7 Å². The summed E-state index contributed by atoms with van der Waals surface area (Å²) >= 11 is 0. The lowest BCUT2D eigenvalue weighted by molar-refractivity contribution is 0.745. The minimum atomic E-state index is 0.508. The van der Waals surface area contributed by atoms with Gasteiger partial charge >= 0.3 is 0 Å². The number of aromatic nitrogens is 7. The van der Waals surface area contributed by atoms with Gasteiger partial charge in [-0.05, 0) is 65.6 Å². The van der Waals surface area contributed by atoms with Gasteiger partial charge in [-0.2, -0.15) is 5.21 Å². The van der Waals surface area contributed by atoms with Gasteiger partial charge in [0.05, 0.1) is 17.9 Å². The number of H-pyrrole nitrogens is 1. The van der Waals surface area contributed by atoms with E-state index in [2.05, 4.69) is 87.6 Å². The van der Waals surface area contributed by atoms with Gasteiger partial charge in [-0.25, -0.2) is 9.97 Å². The smallest absolute Gasteiger partial charge is 0.274 e. The molecule has 0 unspecified atom stereocenters. The average molecular weight is 449 g/mol. The molecule has 0 radical (unpaired) electrons. The number of fused-ring (bicyclic) bond motifs is 3. The normalized spacial score (nSPS) is 12.6. The maximum Gasteiger partial charge on any atom is 0.274 e. The third-order valence-corrected chi connectivity index (χ3v) is 6.25. The van der Waals surface area contributed by atoms with Crippen molar-refractivity contribution >= 4 is 40.6 Å². The lowest BCUT2D eigenvalue weighted by Gasteiger charge is -2.23. The molecule has 0 fully saturated rings. The fourth-order valence-corrected chi connectivity index (χ4v) is 4.71. The van der Waals surface area contributed by atoms with Crippen LogP contribution in [-0.4, -0.2) is 35.2 Å². The summed E-state index contributed by atoms with van der Waals surface area (Å²) < 4.78 is 2.24. The number of nitrogens with one attached hydrogen (secondary N) is 1. The number of para-hydroxylation sites is 1. The predicted octanol–water partition coefficient (Wildman–Crippen LogP) is 5.13. The molecule has 1 aliphatic heterocycles. The van der Waals surface area contributed by atoms with Gasteiger partial charge in [0.15, 0.2) is 5.65 Å². The van der Waals surface area contributed by atoms with Crippen molar-refractivity contribution in [3.8, 4) is 0 Å². The molecule has 1 aliphatic rings. The summed E-state index contributed by atoms with van der Waals surface area (Å²) in [5.41, 5.74) is 9.46. The molecule has 3 aromatic heterocycles. The molecule has 8 nitrogen and oxygen atoms in total. The van der Waals surface area contributed by atoms with E-state index in [-0.39, 0.29) is 0 Å². The zero-order valence-electron chi connectivity index (χ0n) is 19.3. The summed E-state index contributed by atoms with van der Waals surface area (Å²) in [6.45, 7) is 6.98. The fraction of sp³-hybridized carbons (Fsp3) is 0.192. The Balaban J connectivity index is 1.47. The summed E-state index contributed by atoms with van der Waals surface area (Å²) in [6.07, 6.45) is 5.13. The van der Waals surface area contributed by atoms with E-state index < -0.39 is 0 Å². The molecule has 8 heteroatoms. The fourth-order valence-electron chi connectivity index (χ4n) is 4.71. The van der Waals surface area contributed by atoms with Crippen molar-refractivity contribution in [2.75, 3.05) is 4.90 Å². The predicted molar refractivity (Wildman–Crippen MR) is 133 cm³/mol. The second kappa shape index (κ2) is 7.91. The first kappa shape index (κ1) is 20.3. The van der Waals surface area contributed by atoms with Crippen LogP contribution in [0.4, 0.5) is 17.3 Å². The molecule has 5 aromatic rings. The third-order valence-electron chi connectivity index (χ3n) is 6.25. The number of aromatic amines is 1. The Morgan fingerprint density at radius 1 is 0.912 bits per heavy atom. The first-order valence-electron chi connectivity index (χ1n) is 11.4. The maximum absolute atomic E-state index is 4.89. The molecule has 0 amide bonds. The van der Waals surface area contributed by atoms with Gasteiger partial charge in [-0.1, -0.05) is 48.4 Å². The number of tetrazole rings is 1. The van der Waals surface area contributed by atoms with Crippen LogP contribution < -0.4 is 4.90 Å². The lowest BCUT2D eigenvalue weighted by atomic mass is 10.1. The second-order valence-electron chi connectivity index (χ2n) is 8.55. The number of pyridine rings is 1. The standard InChI is InChI=1S/C26H24N8/c1-4-23-28-24-16(2)13-17(3)27-25(24)33(23)15-18-9-12-22-20(14-18)11-10-19-7-5-6-8-21(19)34(22)26-29-31-32-30-26/h5-14H,4,15H2,1-3H3,(H,29,30,31,32). The molecule has 0 aliphatic carbocycles. The molecular formula is C26H24N8. The molecule has 6 rings (SSSR count). The van der Waals surface area contributed by atoms with Crippen LogP contribution >= 0.6 is 0 Å². The van der Waals surface area contributed by atoms with Gasteiger partial charge in [0.2, 0.25) is 0 Å². The zero-order valence-corrected chi connectivity index (χ0v) is 19.3. The Hall–Kier alpha value is -4.33. The van der Waals surface area contributed by atoms with Crippen molar-refractivity contribution in [2.24, 2.45) is 0 Å². The maximum atomic E-state index is 4.89. The molecule has 4 heterocycles. The van der Waals surface area contributed by atoms with Gasteiger partial charge in [-0.15, -0.1) is 5.10 Å². The molecule has 168 valence electrons. The number of hydrogen-bond donors (Lipinski definition) is 1. The first-order valence-corrected chi connectivity index (χ1v) is 11.4. The number of rotatable bonds is 4. The number of benzene rings is 2. The topological polar surface area (TPSA) is 88.4 Å². The van der Waals surface area contributed by atoms with E-state index >= 15 is 0 Å². The monoisotopic (exact) mass is 448 g/mol. The van der Waals surface area contributed by atoms with Crippen LogP contribution in [0.15, 0.2) is 48.5 Å². The van der Waals surface area contributed by atoms with Crippen molar-refractivity contribution in [1.29, 1.82) is 0 Å². The van der Waals surface area contributed by atoms with Crippen molar-refractivity contribution in [2.45, 2.75) is 33.7 Å². The summed E-state index contributed by atoms with van der Waals surface area (Å²) in [6, 6.07) is 16.8. The lowest BCUT2D eigenvalue weighted by Crippen LogP contribution is -2.14. The summed E-state index contributed by atoms with van der Waals surface area (Å²) in [5, 5.41) is 14.9. The summed E-state index contributed by atoms with van der Waals surface area (Å²) in [5.74, 6) is 1.55. The zero-order chi connectivity index (χ0) is 23.2. The van der Waals surface area contributed by atoms with Crippen molar-refractivity contribution in [3.05, 3.63) is 82.3 Å². The van der Waals surface area contributed by atoms with Crippen LogP contribution in [-0.2, 0) is 13.0 Å². The SMILES string of the molecule is CCc1nc2c(C)cc(C)nc2n1Cc1ccc2c(c1)C=Cc1ccccc1N2c1nn[nH]n1. The number of nitrogens with zero attached hydrogens (tertiary/aromatic N) is 7. The quantitative estimate of drug-likeness (QED) is 0.402. The van der Waals surface area contributed by atoms with Gasteiger partial charge in [0, 0.05) is 12.1 Å². The van der Waals surface area contributed by atoms with E-state index in [0.717, 1.165) is 57.2 Å². The molecule has 0 spiro atoms. The third kappa shape index (κ3) is 3.26. The van der Waals surface area contributed by atoms with Crippen molar-refractivity contribution in [3.63, 3.8) is 0 Å². The molecule has 0 saturated carbocycles. The largest absolute Gasteiger partial charge is 0.308 e. The van der Waals surface area contributed by atoms with Gasteiger partial charge in [0.25, 0.3) is 5.95 Å². The highest BCUT2D eigenvalue weighted by molar-refractivity contribution is 5.92. The van der Waals surface area contributed by atoms with Gasteiger partial charge in [-0.3, -0.25) is 4.90 Å². The summed E-state index contributed by atoms with van der Waals surface area (Å²) in [4.78, 5) is 11.8. The highest BCUT2D eigenvalue weighted by Crippen LogP contribution is 2.40. The number of imidazole rings is 1. The van der Waals surface area contributed by atoms with Crippen LogP contribution in [0.3, 0.4) is 0 Å². The van der Waals surface area contributed by atoms with Gasteiger partial charge in [0.1, 0.15) is 11.3 Å². The number of aryl methyl sites for hydroxylation is 3. The first-order chi connectivity index (χ1) is 16.6. The minimum absolute atomic E-state index is 0.508. The van der Waals surface area contributed by atoms with E-state index in [0.29, 0.717) is 12.5 Å². The molecule has 0 atom stereocenters. The van der Waals surface area contributed by atoms with Crippen LogP contribution in [0, 0.1) is 13.8 Å². The molecular weight excluding hydrogens is 424 g/mol. The Morgan fingerprint density at radius 3 is 2.56 bits per heavy atom. The van der Waals surface area contributed by atoms with Crippen LogP contribution in [0.25, 0.3) is 23.3 Å². The van der Waals surface area contributed by atoms with Crippen LogP contribution in [0.2, 0.25) is 0 Å². The van der Waals surface area contributed by atoms with Crippen molar-refractivity contribution < 1.29 is 0 Å². The van der Waals surface area contributed by atoms with E-state index in [9.17, 15) is 0 Å². The number of anilines is 3. The Morgan fingerprint density at radius 2 is 1.74 bits per heavy atom. The average Bonchev–Trinajstić information content (AvgIpc) is 3.45. The highest BCUT2D eigenvalue weighted by atomic mass is 15.5. The van der Waals surface area contributed by atoms with E-state index in [1.165, 1.54) is 5.56 Å². The Kier molecular flexibility index (Phi) is 4.72. The van der Waals surface area contributed by atoms with Crippen LogP contribution in [0.5, 0.6) is 0 Å². The molecule has 34 heavy (non-hydrogen) atoms. The minimum Gasteiger partial charge on any atom is -0.308 e. The van der Waals surface area contributed by atoms with Gasteiger partial charge < -0.3 is 4.57 Å². The summed E-state index contributed by atoms with van der Waals surface area (Å²) in [7, 11) is 0. The second-order valence-corrected chi connectivity index (χ2v) is 8.55. The molecule has 2 aromatic carbocycles. The van der Waals surface area contributed by atoms with E-state index in [1.807, 2.05) is 24.0 Å². The molecule has 1 N–H and O–H groups in total. The Bertz CT molecular complexity index is 1550. The molecule has 0 bridgehead atoms. The highest BCUT2D eigenvalue weighted by Gasteiger charge is 2.23. The van der Waals surface area contributed by atoms with E-state index in [4.69, 9.17) is 9.97 Å². The molecule has 0 saturated heterocycles. The number of hydrogen-bond acceptors (Lipinski definition) is 6. The Labute approximate surface area is 197 Å². The van der Waals surface area contributed by atoms with Crippen molar-refractivity contribution in [1.82, 2.24) is 35.2 Å².